The van der Waals surface area contributed by atoms with Crippen molar-refractivity contribution in [1.82, 2.24) is 16.0 Å². The molecular formula is C19H23BrFIN4O. The topological polar surface area (TPSA) is 65.5 Å². The summed E-state index contributed by atoms with van der Waals surface area (Å²) in [6, 6.07) is 13.7. The number of rotatable bonds is 7. The van der Waals surface area contributed by atoms with Crippen molar-refractivity contribution in [3.63, 3.8) is 0 Å². The highest BCUT2D eigenvalue weighted by molar-refractivity contribution is 14.0. The maximum atomic E-state index is 13.2. The molecule has 2 aromatic rings. The van der Waals surface area contributed by atoms with E-state index in [0.29, 0.717) is 31.2 Å². The van der Waals surface area contributed by atoms with Gasteiger partial charge in [-0.3, -0.25) is 9.79 Å². The second-order valence-electron chi connectivity index (χ2n) is 5.60. The third kappa shape index (κ3) is 8.70. The molecule has 3 N–H and O–H groups in total. The van der Waals surface area contributed by atoms with Crippen LogP contribution in [0.5, 0.6) is 0 Å². The molecule has 2 aromatic carbocycles. The van der Waals surface area contributed by atoms with Gasteiger partial charge in [0.1, 0.15) is 5.82 Å². The number of benzene rings is 2. The molecule has 0 atom stereocenters. The molecule has 0 unspecified atom stereocenters. The van der Waals surface area contributed by atoms with Crippen LogP contribution in [0.15, 0.2) is 58.0 Å². The van der Waals surface area contributed by atoms with Crippen LogP contribution in [0.2, 0.25) is 0 Å². The Hall–Kier alpha value is -1.68. The number of aliphatic imine (C=N–C) groups is 1. The molecule has 5 nitrogen and oxygen atoms in total. The van der Waals surface area contributed by atoms with Gasteiger partial charge < -0.3 is 16.0 Å². The van der Waals surface area contributed by atoms with Crippen molar-refractivity contribution in [3.05, 3.63) is 69.9 Å². The molecule has 1 amide bonds. The number of guanidine groups is 1. The number of carbonyl (C=O) groups excluding carboxylic acids is 1. The first kappa shape index (κ1) is 23.4. The van der Waals surface area contributed by atoms with E-state index in [1.54, 1.807) is 25.2 Å². The zero-order valence-corrected chi connectivity index (χ0v) is 18.9. The van der Waals surface area contributed by atoms with E-state index in [-0.39, 0.29) is 35.7 Å². The van der Waals surface area contributed by atoms with Crippen LogP contribution in [0.4, 0.5) is 4.39 Å². The van der Waals surface area contributed by atoms with E-state index in [1.165, 1.54) is 12.1 Å². The highest BCUT2D eigenvalue weighted by atomic mass is 127. The SMILES string of the molecule is CN=C(NCCCNC(=O)c1cccc(Br)c1)NCc1cccc(F)c1.I. The standard InChI is InChI=1S/C19H22BrFN4O.HI/c1-22-19(25-13-14-5-2-8-17(21)11-14)24-10-4-9-23-18(26)15-6-3-7-16(20)12-15;/h2-3,5-8,11-12H,4,9-10,13H2,1H3,(H,23,26)(H2,22,24,25);1H. The van der Waals surface area contributed by atoms with Crippen molar-refractivity contribution in [3.8, 4) is 0 Å². The molecule has 0 aliphatic rings. The van der Waals surface area contributed by atoms with Crippen molar-refractivity contribution in [2.24, 2.45) is 4.99 Å². The largest absolute Gasteiger partial charge is 0.356 e. The van der Waals surface area contributed by atoms with Crippen LogP contribution in [0.25, 0.3) is 0 Å². The molecule has 0 saturated heterocycles. The molecule has 146 valence electrons. The Bertz CT molecular complexity index is 773. The predicted molar refractivity (Wildman–Crippen MR) is 121 cm³/mol. The quantitative estimate of drug-likeness (QED) is 0.214. The lowest BCUT2D eigenvalue weighted by Gasteiger charge is -2.12. The minimum Gasteiger partial charge on any atom is -0.356 e. The number of halogens is 3. The van der Waals surface area contributed by atoms with Gasteiger partial charge in [-0.15, -0.1) is 24.0 Å². The molecule has 0 aliphatic carbocycles. The molecule has 0 aliphatic heterocycles. The van der Waals surface area contributed by atoms with E-state index in [9.17, 15) is 9.18 Å². The average Bonchev–Trinajstić information content (AvgIpc) is 2.64. The summed E-state index contributed by atoms with van der Waals surface area (Å²) in [5.41, 5.74) is 1.47. The zero-order chi connectivity index (χ0) is 18.8. The van der Waals surface area contributed by atoms with Gasteiger partial charge >= 0.3 is 0 Å². The Morgan fingerprint density at radius 2 is 1.81 bits per heavy atom. The van der Waals surface area contributed by atoms with Crippen LogP contribution >= 0.6 is 39.9 Å². The second-order valence-corrected chi connectivity index (χ2v) is 6.52. The molecule has 0 radical (unpaired) electrons. The first-order valence-electron chi connectivity index (χ1n) is 8.31. The number of carbonyl (C=O) groups is 1. The molecule has 0 aromatic heterocycles. The first-order valence-corrected chi connectivity index (χ1v) is 9.10. The van der Waals surface area contributed by atoms with Crippen molar-refractivity contribution in [1.29, 1.82) is 0 Å². The molecule has 0 bridgehead atoms. The third-order valence-corrected chi connectivity index (χ3v) is 4.08. The van der Waals surface area contributed by atoms with E-state index in [1.807, 2.05) is 18.2 Å². The Balaban J connectivity index is 0.00000364. The maximum Gasteiger partial charge on any atom is 0.251 e. The molecule has 2 rings (SSSR count). The number of nitrogens with zero attached hydrogens (tertiary/aromatic N) is 1. The number of amides is 1. The fourth-order valence-corrected chi connectivity index (χ4v) is 2.68. The summed E-state index contributed by atoms with van der Waals surface area (Å²) < 4.78 is 14.0. The van der Waals surface area contributed by atoms with Crippen molar-refractivity contribution >= 4 is 51.8 Å². The second kappa shape index (κ2) is 12.7. The van der Waals surface area contributed by atoms with Gasteiger partial charge in [0, 0.05) is 36.7 Å². The van der Waals surface area contributed by atoms with E-state index < -0.39 is 0 Å². The van der Waals surface area contributed by atoms with Gasteiger partial charge in [-0.05, 0) is 42.3 Å². The Kier molecular flexibility index (Phi) is 11.0. The summed E-state index contributed by atoms with van der Waals surface area (Å²) >= 11 is 3.35. The molecule has 27 heavy (non-hydrogen) atoms. The normalized spacial score (nSPS) is 10.7. The summed E-state index contributed by atoms with van der Waals surface area (Å²) in [5.74, 6) is 0.279. The molecule has 0 saturated carbocycles. The lowest BCUT2D eigenvalue weighted by atomic mass is 10.2. The molecule has 0 spiro atoms. The van der Waals surface area contributed by atoms with E-state index >= 15 is 0 Å². The van der Waals surface area contributed by atoms with Crippen LogP contribution < -0.4 is 16.0 Å². The predicted octanol–water partition coefficient (Wildman–Crippen LogP) is 3.69. The monoisotopic (exact) mass is 548 g/mol. The minimum absolute atomic E-state index is 0. The molecule has 0 heterocycles. The van der Waals surface area contributed by atoms with E-state index in [0.717, 1.165) is 16.5 Å². The summed E-state index contributed by atoms with van der Waals surface area (Å²) in [5, 5.41) is 9.17. The van der Waals surface area contributed by atoms with E-state index in [2.05, 4.69) is 36.9 Å². The third-order valence-electron chi connectivity index (χ3n) is 3.59. The first-order chi connectivity index (χ1) is 12.6. The lowest BCUT2D eigenvalue weighted by Crippen LogP contribution is -2.38. The maximum absolute atomic E-state index is 13.2. The van der Waals surface area contributed by atoms with E-state index in [4.69, 9.17) is 0 Å². The van der Waals surface area contributed by atoms with Gasteiger partial charge in [0.2, 0.25) is 0 Å². The average molecular weight is 549 g/mol. The highest BCUT2D eigenvalue weighted by Crippen LogP contribution is 2.11. The molecule has 8 heteroatoms. The summed E-state index contributed by atoms with van der Waals surface area (Å²) in [6.45, 7) is 1.69. The van der Waals surface area contributed by atoms with Gasteiger partial charge in [0.15, 0.2) is 5.96 Å². The lowest BCUT2D eigenvalue weighted by molar-refractivity contribution is 0.0953. The van der Waals surface area contributed by atoms with Gasteiger partial charge in [0.25, 0.3) is 5.91 Å². The Morgan fingerprint density at radius 1 is 1.07 bits per heavy atom. The zero-order valence-electron chi connectivity index (χ0n) is 15.0. The van der Waals surface area contributed by atoms with Crippen LogP contribution in [-0.4, -0.2) is 32.0 Å². The number of hydrogen-bond acceptors (Lipinski definition) is 2. The van der Waals surface area contributed by atoms with Gasteiger partial charge in [-0.1, -0.05) is 34.1 Å². The fraction of sp³-hybridized carbons (Fsp3) is 0.263. The van der Waals surface area contributed by atoms with Crippen LogP contribution in [0.3, 0.4) is 0 Å². The van der Waals surface area contributed by atoms with Crippen molar-refractivity contribution in [2.45, 2.75) is 13.0 Å². The Morgan fingerprint density at radius 3 is 2.52 bits per heavy atom. The van der Waals surface area contributed by atoms with Crippen LogP contribution in [0, 0.1) is 5.82 Å². The smallest absolute Gasteiger partial charge is 0.251 e. The summed E-state index contributed by atoms with van der Waals surface area (Å²) in [4.78, 5) is 16.1. The highest BCUT2D eigenvalue weighted by Gasteiger charge is 2.05. The number of nitrogens with one attached hydrogen (secondary N) is 3. The fourth-order valence-electron chi connectivity index (χ4n) is 2.28. The van der Waals surface area contributed by atoms with Gasteiger partial charge in [-0.2, -0.15) is 0 Å². The van der Waals surface area contributed by atoms with Gasteiger partial charge in [0.05, 0.1) is 0 Å². The Labute approximate surface area is 184 Å². The summed E-state index contributed by atoms with van der Waals surface area (Å²) in [6.07, 6.45) is 0.750. The van der Waals surface area contributed by atoms with Crippen LogP contribution in [0.1, 0.15) is 22.3 Å². The molecule has 0 fully saturated rings. The molecular weight excluding hydrogens is 526 g/mol. The van der Waals surface area contributed by atoms with Crippen molar-refractivity contribution in [2.75, 3.05) is 20.1 Å². The minimum atomic E-state index is -0.256. The summed E-state index contributed by atoms with van der Waals surface area (Å²) in [7, 11) is 1.68. The van der Waals surface area contributed by atoms with Gasteiger partial charge in [-0.25, -0.2) is 4.39 Å². The number of hydrogen-bond donors (Lipinski definition) is 3. The van der Waals surface area contributed by atoms with Crippen LogP contribution in [-0.2, 0) is 6.54 Å². The van der Waals surface area contributed by atoms with Crippen molar-refractivity contribution < 1.29 is 9.18 Å².